The molecule has 0 amide bonds. The quantitative estimate of drug-likeness (QED) is 0.419. The van der Waals surface area contributed by atoms with Crippen LogP contribution in [0.1, 0.15) is 16.8 Å². The summed E-state index contributed by atoms with van der Waals surface area (Å²) in [6.45, 7) is 4.79. The second kappa shape index (κ2) is 7.49. The fourth-order valence-corrected chi connectivity index (χ4v) is 3.38. The summed E-state index contributed by atoms with van der Waals surface area (Å²) in [7, 11) is 0. The van der Waals surface area contributed by atoms with E-state index in [0.29, 0.717) is 6.54 Å². The summed E-state index contributed by atoms with van der Waals surface area (Å²) in [5.41, 5.74) is 6.04. The molecule has 2 nitrogen and oxygen atoms in total. The maximum absolute atomic E-state index is 13.3. The van der Waals surface area contributed by atoms with E-state index < -0.39 is 0 Å². The molecule has 2 aromatic heterocycles. The van der Waals surface area contributed by atoms with E-state index in [-0.39, 0.29) is 24.0 Å². The molecule has 27 heavy (non-hydrogen) atoms. The van der Waals surface area contributed by atoms with E-state index in [9.17, 15) is 8.78 Å². The Morgan fingerprint density at radius 3 is 2.07 bits per heavy atom. The number of halogens is 3. The summed E-state index contributed by atoms with van der Waals surface area (Å²) < 4.78 is 28.8. The smallest absolute Gasteiger partial charge is 0.123 e. The van der Waals surface area contributed by atoms with E-state index in [4.69, 9.17) is 0 Å². The van der Waals surface area contributed by atoms with E-state index in [0.717, 1.165) is 33.4 Å². The van der Waals surface area contributed by atoms with Crippen LogP contribution >= 0.6 is 12.4 Å². The first-order valence-corrected chi connectivity index (χ1v) is 8.49. The Morgan fingerprint density at radius 2 is 1.44 bits per heavy atom. The van der Waals surface area contributed by atoms with E-state index in [1.165, 1.54) is 29.8 Å². The van der Waals surface area contributed by atoms with Gasteiger partial charge in [0.05, 0.1) is 11.2 Å². The molecular formula is C22H19ClF2N2. The van der Waals surface area contributed by atoms with Crippen molar-refractivity contribution in [3.63, 3.8) is 0 Å². The van der Waals surface area contributed by atoms with E-state index >= 15 is 0 Å². The number of fused-ring (bicyclic) bond motifs is 1. The standard InChI is InChI=1S/C22H18F2N2.ClH/c1-14-15(2)26(13-16-3-7-18(23)8-4-16)22-20(14)11-12-25-21(22)17-5-9-19(24)10-6-17;/h3-12H,13H2,1-2H3;1H. The van der Waals surface area contributed by atoms with Gasteiger partial charge in [-0.05, 0) is 67.4 Å². The Kier molecular flexibility index (Phi) is 5.29. The van der Waals surface area contributed by atoms with Crippen molar-refractivity contribution in [1.29, 1.82) is 0 Å². The molecule has 2 heterocycles. The molecule has 138 valence electrons. The van der Waals surface area contributed by atoms with Gasteiger partial charge < -0.3 is 4.57 Å². The molecule has 0 unspecified atom stereocenters. The van der Waals surface area contributed by atoms with Gasteiger partial charge in [-0.15, -0.1) is 12.4 Å². The van der Waals surface area contributed by atoms with Crippen LogP contribution in [0, 0.1) is 25.5 Å². The Bertz CT molecular complexity index is 1080. The molecule has 0 bridgehead atoms. The van der Waals surface area contributed by atoms with Gasteiger partial charge in [-0.1, -0.05) is 12.1 Å². The number of pyridine rings is 1. The lowest BCUT2D eigenvalue weighted by atomic mass is 10.1. The van der Waals surface area contributed by atoms with Crippen molar-refractivity contribution in [2.24, 2.45) is 0 Å². The number of benzene rings is 2. The zero-order valence-corrected chi connectivity index (χ0v) is 15.9. The molecule has 0 aliphatic carbocycles. The lowest BCUT2D eigenvalue weighted by molar-refractivity contribution is 0.626. The van der Waals surface area contributed by atoms with Crippen molar-refractivity contribution in [3.8, 4) is 11.3 Å². The first kappa shape index (κ1) is 19.1. The highest BCUT2D eigenvalue weighted by molar-refractivity contribution is 5.95. The van der Waals surface area contributed by atoms with E-state index in [1.807, 2.05) is 6.07 Å². The Hall–Kier alpha value is -2.72. The molecule has 2 aromatic carbocycles. The first-order chi connectivity index (χ1) is 12.5. The molecule has 0 spiro atoms. The summed E-state index contributed by atoms with van der Waals surface area (Å²) in [6.07, 6.45) is 1.79. The highest BCUT2D eigenvalue weighted by Crippen LogP contribution is 2.33. The molecule has 0 saturated heterocycles. The zero-order chi connectivity index (χ0) is 18.3. The second-order valence-corrected chi connectivity index (χ2v) is 6.49. The number of aromatic nitrogens is 2. The number of rotatable bonds is 3. The number of hydrogen-bond donors (Lipinski definition) is 0. The predicted molar refractivity (Wildman–Crippen MR) is 107 cm³/mol. The maximum Gasteiger partial charge on any atom is 0.123 e. The van der Waals surface area contributed by atoms with Gasteiger partial charge in [0.2, 0.25) is 0 Å². The van der Waals surface area contributed by atoms with Crippen LogP contribution in [0.25, 0.3) is 22.2 Å². The molecule has 0 atom stereocenters. The van der Waals surface area contributed by atoms with Crippen LogP contribution in [0.5, 0.6) is 0 Å². The van der Waals surface area contributed by atoms with Crippen LogP contribution in [0.4, 0.5) is 8.78 Å². The molecule has 5 heteroatoms. The summed E-state index contributed by atoms with van der Waals surface area (Å²) in [6, 6.07) is 14.9. The predicted octanol–water partition coefficient (Wildman–Crippen LogP) is 6.07. The third kappa shape index (κ3) is 3.45. The number of nitrogens with zero attached hydrogens (tertiary/aromatic N) is 2. The topological polar surface area (TPSA) is 17.8 Å². The van der Waals surface area contributed by atoms with Gasteiger partial charge in [-0.25, -0.2) is 8.78 Å². The van der Waals surface area contributed by atoms with Gasteiger partial charge in [0, 0.05) is 29.4 Å². The van der Waals surface area contributed by atoms with Gasteiger partial charge in [0.1, 0.15) is 11.6 Å². The van der Waals surface area contributed by atoms with Crippen LogP contribution in [-0.4, -0.2) is 9.55 Å². The monoisotopic (exact) mass is 384 g/mol. The molecule has 4 rings (SSSR count). The van der Waals surface area contributed by atoms with E-state index in [2.05, 4.69) is 23.4 Å². The zero-order valence-electron chi connectivity index (χ0n) is 15.0. The Balaban J connectivity index is 0.00000210. The van der Waals surface area contributed by atoms with Crippen LogP contribution in [0.2, 0.25) is 0 Å². The minimum absolute atomic E-state index is 0. The van der Waals surface area contributed by atoms with Crippen molar-refractivity contribution >= 4 is 23.3 Å². The van der Waals surface area contributed by atoms with Gasteiger partial charge in [-0.2, -0.15) is 0 Å². The van der Waals surface area contributed by atoms with Gasteiger partial charge >= 0.3 is 0 Å². The molecule has 4 aromatic rings. The minimum Gasteiger partial charge on any atom is -0.338 e. The highest BCUT2D eigenvalue weighted by Gasteiger charge is 2.16. The molecule has 0 N–H and O–H groups in total. The molecular weight excluding hydrogens is 366 g/mol. The normalized spacial score (nSPS) is 10.8. The second-order valence-electron chi connectivity index (χ2n) is 6.49. The van der Waals surface area contributed by atoms with Gasteiger partial charge in [-0.3, -0.25) is 4.98 Å². The summed E-state index contributed by atoms with van der Waals surface area (Å²) in [5, 5.41) is 1.12. The molecule has 0 saturated carbocycles. The van der Waals surface area contributed by atoms with Crippen molar-refractivity contribution in [2.75, 3.05) is 0 Å². The molecule has 0 aliphatic rings. The molecule has 0 radical (unpaired) electrons. The van der Waals surface area contributed by atoms with Crippen molar-refractivity contribution in [1.82, 2.24) is 9.55 Å². The van der Waals surface area contributed by atoms with Crippen LogP contribution in [-0.2, 0) is 6.54 Å². The van der Waals surface area contributed by atoms with Crippen molar-refractivity contribution in [3.05, 3.63) is 89.2 Å². The fourth-order valence-electron chi connectivity index (χ4n) is 3.38. The largest absolute Gasteiger partial charge is 0.338 e. The number of aryl methyl sites for hydroxylation is 1. The van der Waals surface area contributed by atoms with Crippen LogP contribution in [0.15, 0.2) is 60.8 Å². The average Bonchev–Trinajstić information content (AvgIpc) is 2.89. The highest BCUT2D eigenvalue weighted by atomic mass is 35.5. The Morgan fingerprint density at radius 1 is 0.852 bits per heavy atom. The van der Waals surface area contributed by atoms with E-state index in [1.54, 1.807) is 30.5 Å². The maximum atomic E-state index is 13.3. The van der Waals surface area contributed by atoms with Crippen LogP contribution in [0.3, 0.4) is 0 Å². The summed E-state index contributed by atoms with van der Waals surface area (Å²) in [4.78, 5) is 4.57. The first-order valence-electron chi connectivity index (χ1n) is 8.49. The van der Waals surface area contributed by atoms with Gasteiger partial charge in [0.25, 0.3) is 0 Å². The SMILES string of the molecule is Cc1c(C)n(Cc2ccc(F)cc2)c2c(-c3ccc(F)cc3)nccc12.Cl. The van der Waals surface area contributed by atoms with Crippen molar-refractivity contribution in [2.45, 2.75) is 20.4 Å². The lowest BCUT2D eigenvalue weighted by Crippen LogP contribution is -2.03. The molecule has 0 fully saturated rings. The lowest BCUT2D eigenvalue weighted by Gasteiger charge is -2.12. The number of hydrogen-bond acceptors (Lipinski definition) is 1. The third-order valence-corrected chi connectivity index (χ3v) is 4.92. The summed E-state index contributed by atoms with van der Waals surface area (Å²) >= 11 is 0. The summed E-state index contributed by atoms with van der Waals surface area (Å²) in [5.74, 6) is -0.511. The van der Waals surface area contributed by atoms with Crippen LogP contribution < -0.4 is 0 Å². The Labute approximate surface area is 162 Å². The third-order valence-electron chi connectivity index (χ3n) is 4.92. The minimum atomic E-state index is -0.269. The molecule has 0 aliphatic heterocycles. The van der Waals surface area contributed by atoms with Crippen molar-refractivity contribution < 1.29 is 8.78 Å². The average molecular weight is 385 g/mol. The van der Waals surface area contributed by atoms with Gasteiger partial charge in [0.15, 0.2) is 0 Å². The fraction of sp³-hybridized carbons (Fsp3) is 0.136.